The summed E-state index contributed by atoms with van der Waals surface area (Å²) in [6.07, 6.45) is 1.81. The fourth-order valence-corrected chi connectivity index (χ4v) is 2.05. The average Bonchev–Trinajstić information content (AvgIpc) is 2.56. The molecule has 3 rings (SSSR count). The van der Waals surface area contributed by atoms with Crippen molar-refractivity contribution >= 4 is 0 Å². The second-order valence-electron chi connectivity index (χ2n) is 4.42. The second kappa shape index (κ2) is 5.07. The summed E-state index contributed by atoms with van der Waals surface area (Å²) in [6, 6.07) is 21.7. The first-order valence-electron chi connectivity index (χ1n) is 7.36. The van der Waals surface area contributed by atoms with E-state index in [1.54, 1.807) is 0 Å². The van der Waals surface area contributed by atoms with Crippen molar-refractivity contribution in [2.24, 2.45) is 0 Å². The van der Waals surface area contributed by atoms with Gasteiger partial charge in [0.15, 0.2) is 0 Å². The Kier molecular flexibility index (Phi) is 2.54. The lowest BCUT2D eigenvalue weighted by Gasteiger charge is -2.05. The lowest BCUT2D eigenvalue weighted by Crippen LogP contribution is -1.85. The monoisotopic (exact) mass is 247 g/mol. The van der Waals surface area contributed by atoms with E-state index in [4.69, 9.17) is 2.74 Å². The van der Waals surface area contributed by atoms with Crippen molar-refractivity contribution < 1.29 is 2.74 Å². The molecule has 0 spiro atoms. The van der Waals surface area contributed by atoms with Gasteiger partial charge in [-0.15, -0.1) is 0 Å². The average molecular weight is 247 g/mol. The molecular formula is C18H15N. The van der Waals surface area contributed by atoms with E-state index in [-0.39, 0.29) is 0 Å². The molecule has 0 atom stereocenters. The minimum atomic E-state index is -0.934. The first-order chi connectivity index (χ1) is 10.2. The fraction of sp³-hybridized carbons (Fsp3) is 0.0556. The Morgan fingerprint density at radius 3 is 2.32 bits per heavy atom. The van der Waals surface area contributed by atoms with Gasteiger partial charge in [-0.2, -0.15) is 0 Å². The zero-order valence-electron chi connectivity index (χ0n) is 12.5. The summed E-state index contributed by atoms with van der Waals surface area (Å²) in [7, 11) is 0. The largest absolute Gasteiger partial charge is 0.256 e. The predicted molar refractivity (Wildman–Crippen MR) is 79.8 cm³/mol. The van der Waals surface area contributed by atoms with Crippen LogP contribution in [0.5, 0.6) is 0 Å². The summed E-state index contributed by atoms with van der Waals surface area (Å²) >= 11 is 0. The van der Waals surface area contributed by atoms with Crippen molar-refractivity contribution in [2.45, 2.75) is 6.88 Å². The maximum Gasteiger partial charge on any atom is 0.0708 e. The molecule has 0 bridgehead atoms. The van der Waals surface area contributed by atoms with Gasteiger partial charge >= 0.3 is 0 Å². The Balaban J connectivity index is 1.96. The van der Waals surface area contributed by atoms with Crippen molar-refractivity contribution in [3.63, 3.8) is 0 Å². The molecule has 0 aliphatic heterocycles. The van der Waals surface area contributed by atoms with Gasteiger partial charge in [0.05, 0.1) is 5.69 Å². The SMILES string of the molecule is [2H]C([2H])c1ccc(-c2ccnc(-c3ccccc3)c2)cc1. The molecule has 1 heteroatoms. The molecule has 1 nitrogen and oxygen atoms in total. The summed E-state index contributed by atoms with van der Waals surface area (Å²) in [4.78, 5) is 4.42. The molecule has 1 heterocycles. The van der Waals surface area contributed by atoms with Crippen molar-refractivity contribution in [1.82, 2.24) is 4.98 Å². The molecule has 92 valence electrons. The van der Waals surface area contributed by atoms with E-state index in [2.05, 4.69) is 11.1 Å². The van der Waals surface area contributed by atoms with E-state index in [0.29, 0.717) is 5.56 Å². The summed E-state index contributed by atoms with van der Waals surface area (Å²) in [5.41, 5.74) is 4.89. The van der Waals surface area contributed by atoms with Crippen molar-refractivity contribution in [3.05, 3.63) is 78.5 Å². The van der Waals surface area contributed by atoms with Gasteiger partial charge in [-0.05, 0) is 30.1 Å². The molecule has 0 N–H and O–H groups in total. The molecule has 0 saturated heterocycles. The highest BCUT2D eigenvalue weighted by molar-refractivity contribution is 5.70. The number of nitrogens with zero attached hydrogens (tertiary/aromatic N) is 1. The van der Waals surface area contributed by atoms with E-state index < -0.39 is 6.88 Å². The van der Waals surface area contributed by atoms with Crippen molar-refractivity contribution in [3.8, 4) is 22.4 Å². The standard InChI is InChI=1S/C18H15N/c1-14-7-9-15(10-8-14)17-11-12-19-18(13-17)16-5-3-2-4-6-16/h2-13H,1H3/i1D2. The van der Waals surface area contributed by atoms with Crippen LogP contribution in [0.4, 0.5) is 0 Å². The maximum absolute atomic E-state index is 7.40. The molecule has 0 amide bonds. The van der Waals surface area contributed by atoms with Gasteiger partial charge in [-0.25, -0.2) is 0 Å². The molecule has 0 aliphatic rings. The van der Waals surface area contributed by atoms with E-state index in [1.807, 2.05) is 66.9 Å². The first kappa shape index (κ1) is 9.51. The highest BCUT2D eigenvalue weighted by Crippen LogP contribution is 2.24. The fourth-order valence-electron chi connectivity index (χ4n) is 2.05. The van der Waals surface area contributed by atoms with E-state index in [0.717, 1.165) is 22.4 Å². The van der Waals surface area contributed by atoms with Crippen LogP contribution in [0.2, 0.25) is 0 Å². The lowest BCUT2D eigenvalue weighted by atomic mass is 10.0. The van der Waals surface area contributed by atoms with Gasteiger partial charge in [0.2, 0.25) is 0 Å². The van der Waals surface area contributed by atoms with Crippen LogP contribution in [0.3, 0.4) is 0 Å². The highest BCUT2D eigenvalue weighted by atomic mass is 14.7. The maximum atomic E-state index is 7.40. The van der Waals surface area contributed by atoms with E-state index in [9.17, 15) is 0 Å². The smallest absolute Gasteiger partial charge is 0.0708 e. The molecule has 19 heavy (non-hydrogen) atoms. The van der Waals surface area contributed by atoms with Gasteiger partial charge in [-0.3, -0.25) is 4.98 Å². The number of hydrogen-bond donors (Lipinski definition) is 0. The summed E-state index contributed by atoms with van der Waals surface area (Å²) in [6.45, 7) is -0.934. The van der Waals surface area contributed by atoms with Crippen LogP contribution in [-0.2, 0) is 0 Å². The quantitative estimate of drug-likeness (QED) is 0.638. The number of benzene rings is 2. The molecule has 1 aromatic heterocycles. The summed E-state index contributed by atoms with van der Waals surface area (Å²) in [5.74, 6) is 0. The van der Waals surface area contributed by atoms with Gasteiger partial charge in [-0.1, -0.05) is 60.2 Å². The molecule has 0 unspecified atom stereocenters. The Bertz CT molecular complexity index is 722. The van der Waals surface area contributed by atoms with Crippen LogP contribution in [0.25, 0.3) is 22.4 Å². The minimum absolute atomic E-state index is 0.705. The number of rotatable bonds is 2. The van der Waals surface area contributed by atoms with Crippen LogP contribution in [0, 0.1) is 6.88 Å². The van der Waals surface area contributed by atoms with Crippen molar-refractivity contribution in [1.29, 1.82) is 0 Å². The van der Waals surface area contributed by atoms with E-state index in [1.165, 1.54) is 0 Å². The minimum Gasteiger partial charge on any atom is -0.256 e. The number of aromatic nitrogens is 1. The molecule has 0 radical (unpaired) electrons. The third-order valence-corrected chi connectivity index (χ3v) is 3.07. The van der Waals surface area contributed by atoms with Gasteiger partial charge in [0.25, 0.3) is 0 Å². The molecule has 2 aromatic carbocycles. The molecule has 0 fully saturated rings. The molecule has 0 saturated carbocycles. The van der Waals surface area contributed by atoms with E-state index >= 15 is 0 Å². The van der Waals surface area contributed by atoms with Crippen LogP contribution in [-0.4, -0.2) is 4.98 Å². The van der Waals surface area contributed by atoms with Gasteiger partial charge in [0, 0.05) is 14.5 Å². The topological polar surface area (TPSA) is 12.9 Å². The predicted octanol–water partition coefficient (Wildman–Crippen LogP) is 4.72. The Hall–Kier alpha value is -2.41. The van der Waals surface area contributed by atoms with Crippen molar-refractivity contribution in [2.75, 3.05) is 0 Å². The molecular weight excluding hydrogens is 230 g/mol. The van der Waals surface area contributed by atoms with Crippen LogP contribution >= 0.6 is 0 Å². The van der Waals surface area contributed by atoms with Gasteiger partial charge in [0.1, 0.15) is 0 Å². The Morgan fingerprint density at radius 2 is 1.58 bits per heavy atom. The summed E-state index contributed by atoms with van der Waals surface area (Å²) < 4.78 is 14.8. The Labute approximate surface area is 116 Å². The van der Waals surface area contributed by atoms with Gasteiger partial charge < -0.3 is 0 Å². The third-order valence-electron chi connectivity index (χ3n) is 3.07. The number of pyridine rings is 1. The number of aryl methyl sites for hydroxylation is 1. The molecule has 0 aliphatic carbocycles. The van der Waals surface area contributed by atoms with Crippen LogP contribution in [0.1, 0.15) is 8.30 Å². The molecule has 3 aromatic rings. The zero-order valence-corrected chi connectivity index (χ0v) is 10.5. The first-order valence-corrected chi connectivity index (χ1v) is 6.20. The Morgan fingerprint density at radius 1 is 0.789 bits per heavy atom. The van der Waals surface area contributed by atoms with Crippen LogP contribution < -0.4 is 0 Å². The zero-order chi connectivity index (χ0) is 14.7. The second-order valence-corrected chi connectivity index (χ2v) is 4.42. The number of hydrogen-bond acceptors (Lipinski definition) is 1. The summed E-state index contributed by atoms with van der Waals surface area (Å²) in [5, 5.41) is 0. The van der Waals surface area contributed by atoms with Crippen LogP contribution in [0.15, 0.2) is 72.9 Å². The lowest BCUT2D eigenvalue weighted by molar-refractivity contribution is 1.32. The normalized spacial score (nSPS) is 12.1. The third kappa shape index (κ3) is 2.55. The highest BCUT2D eigenvalue weighted by Gasteiger charge is 2.02.